The number of nitrogens with one attached hydrogen (secondary N) is 1. The molecule has 4 heteroatoms. The van der Waals surface area contributed by atoms with E-state index in [-0.39, 0.29) is 12.5 Å². The van der Waals surface area contributed by atoms with Crippen molar-refractivity contribution in [3.63, 3.8) is 0 Å². The van der Waals surface area contributed by atoms with Crippen LogP contribution in [0.3, 0.4) is 0 Å². The summed E-state index contributed by atoms with van der Waals surface area (Å²) in [5.74, 6) is 0.0755. The van der Waals surface area contributed by atoms with Crippen LogP contribution in [0.5, 0.6) is 0 Å². The van der Waals surface area contributed by atoms with Crippen LogP contribution in [0.15, 0.2) is 0 Å². The number of ether oxygens (including phenoxy) is 1. The zero-order chi connectivity index (χ0) is 10.8. The third-order valence-corrected chi connectivity index (χ3v) is 2.01. The van der Waals surface area contributed by atoms with Crippen LogP contribution in [0.4, 0.5) is 0 Å². The molecule has 1 N–H and O–H groups in total. The molecule has 0 fully saturated rings. The lowest BCUT2D eigenvalue weighted by molar-refractivity contribution is -0.135. The number of amides is 1. The third kappa shape index (κ3) is 5.94. The number of likely N-dealkylation sites (N-methyl/N-ethyl adjacent to an activating group) is 2. The maximum atomic E-state index is 11.4. The summed E-state index contributed by atoms with van der Waals surface area (Å²) in [6, 6.07) is 0. The first-order valence-electron chi connectivity index (χ1n) is 5.32. The van der Waals surface area contributed by atoms with Gasteiger partial charge >= 0.3 is 0 Å². The van der Waals surface area contributed by atoms with Gasteiger partial charge in [-0.3, -0.25) is 4.79 Å². The zero-order valence-corrected chi connectivity index (χ0v) is 9.51. The van der Waals surface area contributed by atoms with Gasteiger partial charge in [0, 0.05) is 19.6 Å². The summed E-state index contributed by atoms with van der Waals surface area (Å²) in [6.07, 6.45) is 0. The summed E-state index contributed by atoms with van der Waals surface area (Å²) in [7, 11) is 0. The molecule has 0 spiro atoms. The minimum atomic E-state index is 0.0755. The highest BCUT2D eigenvalue weighted by Crippen LogP contribution is 1.89. The topological polar surface area (TPSA) is 41.6 Å². The maximum absolute atomic E-state index is 11.4. The second-order valence-electron chi connectivity index (χ2n) is 2.97. The molecule has 0 saturated carbocycles. The second kappa shape index (κ2) is 8.97. The lowest BCUT2D eigenvalue weighted by atomic mass is 10.4. The van der Waals surface area contributed by atoms with Gasteiger partial charge in [-0.2, -0.15) is 0 Å². The van der Waals surface area contributed by atoms with Gasteiger partial charge in [0.15, 0.2) is 0 Å². The molecular formula is C10H22N2O2. The van der Waals surface area contributed by atoms with Gasteiger partial charge in [-0.25, -0.2) is 0 Å². The zero-order valence-electron chi connectivity index (χ0n) is 9.51. The molecule has 0 saturated heterocycles. The van der Waals surface area contributed by atoms with E-state index in [4.69, 9.17) is 4.74 Å². The molecule has 0 rings (SSSR count). The van der Waals surface area contributed by atoms with Crippen LogP contribution in [-0.4, -0.2) is 50.2 Å². The van der Waals surface area contributed by atoms with Crippen LogP contribution in [0, 0.1) is 0 Å². The van der Waals surface area contributed by atoms with Gasteiger partial charge in [0.25, 0.3) is 0 Å². The first-order valence-corrected chi connectivity index (χ1v) is 5.32. The first kappa shape index (κ1) is 13.4. The highest BCUT2D eigenvalue weighted by Gasteiger charge is 2.08. The Bertz CT molecular complexity index is 147. The number of hydrogen-bond acceptors (Lipinski definition) is 3. The lowest BCUT2D eigenvalue weighted by Gasteiger charge is -2.18. The second-order valence-corrected chi connectivity index (χ2v) is 2.97. The predicted molar refractivity (Wildman–Crippen MR) is 57.3 cm³/mol. The molecule has 4 nitrogen and oxygen atoms in total. The standard InChI is InChI=1S/C10H22N2O2/c1-4-11-7-8-14-9-10(13)12(5-2)6-3/h11H,4-9H2,1-3H3. The minimum Gasteiger partial charge on any atom is -0.370 e. The molecule has 0 radical (unpaired) electrons. The summed E-state index contributed by atoms with van der Waals surface area (Å²) in [5.41, 5.74) is 0. The van der Waals surface area contributed by atoms with Crippen molar-refractivity contribution in [3.05, 3.63) is 0 Å². The number of rotatable bonds is 8. The molecule has 0 aliphatic rings. The molecule has 14 heavy (non-hydrogen) atoms. The van der Waals surface area contributed by atoms with Crippen LogP contribution in [-0.2, 0) is 9.53 Å². The Morgan fingerprint density at radius 1 is 1.29 bits per heavy atom. The normalized spacial score (nSPS) is 10.2. The molecule has 0 aromatic carbocycles. The molecule has 0 atom stereocenters. The number of nitrogens with zero attached hydrogens (tertiary/aromatic N) is 1. The van der Waals surface area contributed by atoms with Gasteiger partial charge in [0.2, 0.25) is 5.91 Å². The molecule has 84 valence electrons. The van der Waals surface area contributed by atoms with Crippen LogP contribution < -0.4 is 5.32 Å². The SMILES string of the molecule is CCNCCOCC(=O)N(CC)CC. The fourth-order valence-corrected chi connectivity index (χ4v) is 1.15. The molecule has 0 aromatic heterocycles. The van der Waals surface area contributed by atoms with Crippen LogP contribution in [0.1, 0.15) is 20.8 Å². The van der Waals surface area contributed by atoms with E-state index < -0.39 is 0 Å². The average Bonchev–Trinajstić information content (AvgIpc) is 2.19. The van der Waals surface area contributed by atoms with Crippen LogP contribution in [0.2, 0.25) is 0 Å². The van der Waals surface area contributed by atoms with E-state index in [0.29, 0.717) is 6.61 Å². The van der Waals surface area contributed by atoms with Crippen molar-refractivity contribution >= 4 is 5.91 Å². The Morgan fingerprint density at radius 3 is 2.43 bits per heavy atom. The number of hydrogen-bond donors (Lipinski definition) is 1. The molecular weight excluding hydrogens is 180 g/mol. The van der Waals surface area contributed by atoms with E-state index in [1.165, 1.54) is 0 Å². The summed E-state index contributed by atoms with van der Waals surface area (Å²) in [4.78, 5) is 13.2. The van der Waals surface area contributed by atoms with Gasteiger partial charge in [-0.05, 0) is 20.4 Å². The molecule has 0 aliphatic carbocycles. The van der Waals surface area contributed by atoms with Crippen molar-refractivity contribution < 1.29 is 9.53 Å². The van der Waals surface area contributed by atoms with Crippen molar-refractivity contribution in [2.45, 2.75) is 20.8 Å². The smallest absolute Gasteiger partial charge is 0.248 e. The summed E-state index contributed by atoms with van der Waals surface area (Å²) in [5, 5.41) is 3.13. The molecule has 0 heterocycles. The number of carbonyl (C=O) groups is 1. The molecule has 0 aromatic rings. The summed E-state index contributed by atoms with van der Waals surface area (Å²) >= 11 is 0. The maximum Gasteiger partial charge on any atom is 0.248 e. The van der Waals surface area contributed by atoms with Gasteiger partial charge in [0.1, 0.15) is 6.61 Å². The number of carbonyl (C=O) groups excluding carboxylic acids is 1. The highest BCUT2D eigenvalue weighted by molar-refractivity contribution is 5.77. The summed E-state index contributed by atoms with van der Waals surface area (Å²) < 4.78 is 5.23. The van der Waals surface area contributed by atoms with Crippen molar-refractivity contribution in [3.8, 4) is 0 Å². The van der Waals surface area contributed by atoms with Crippen molar-refractivity contribution in [1.82, 2.24) is 10.2 Å². The van der Waals surface area contributed by atoms with Crippen LogP contribution in [0.25, 0.3) is 0 Å². The van der Waals surface area contributed by atoms with Crippen LogP contribution >= 0.6 is 0 Å². The molecule has 0 aliphatic heterocycles. The third-order valence-electron chi connectivity index (χ3n) is 2.01. The van der Waals surface area contributed by atoms with E-state index in [1.807, 2.05) is 20.8 Å². The Balaban J connectivity index is 3.43. The van der Waals surface area contributed by atoms with Gasteiger partial charge < -0.3 is 15.0 Å². The molecule has 1 amide bonds. The summed E-state index contributed by atoms with van der Waals surface area (Å²) in [6.45, 7) is 10.0. The van der Waals surface area contributed by atoms with Gasteiger partial charge in [-0.15, -0.1) is 0 Å². The Labute approximate surface area is 86.6 Å². The fourth-order valence-electron chi connectivity index (χ4n) is 1.15. The van der Waals surface area contributed by atoms with Gasteiger partial charge in [-0.1, -0.05) is 6.92 Å². The van der Waals surface area contributed by atoms with Crippen molar-refractivity contribution in [2.75, 3.05) is 39.4 Å². The Morgan fingerprint density at radius 2 is 1.93 bits per heavy atom. The van der Waals surface area contributed by atoms with E-state index in [0.717, 1.165) is 26.2 Å². The minimum absolute atomic E-state index is 0.0755. The fraction of sp³-hybridized carbons (Fsp3) is 0.900. The van der Waals surface area contributed by atoms with Crippen molar-refractivity contribution in [1.29, 1.82) is 0 Å². The van der Waals surface area contributed by atoms with E-state index >= 15 is 0 Å². The Hall–Kier alpha value is -0.610. The highest BCUT2D eigenvalue weighted by atomic mass is 16.5. The van der Waals surface area contributed by atoms with E-state index in [2.05, 4.69) is 5.32 Å². The predicted octanol–water partition coefficient (Wildman–Crippen LogP) is 0.481. The molecule has 0 unspecified atom stereocenters. The largest absolute Gasteiger partial charge is 0.370 e. The molecule has 0 bridgehead atoms. The van der Waals surface area contributed by atoms with E-state index in [1.54, 1.807) is 4.90 Å². The van der Waals surface area contributed by atoms with Crippen molar-refractivity contribution in [2.24, 2.45) is 0 Å². The lowest BCUT2D eigenvalue weighted by Crippen LogP contribution is -2.34. The first-order chi connectivity index (χ1) is 6.76. The Kier molecular flexibility index (Phi) is 8.57. The van der Waals surface area contributed by atoms with E-state index in [9.17, 15) is 4.79 Å². The van der Waals surface area contributed by atoms with Gasteiger partial charge in [0.05, 0.1) is 6.61 Å². The average molecular weight is 202 g/mol. The quantitative estimate of drug-likeness (QED) is 0.582. The monoisotopic (exact) mass is 202 g/mol.